The number of anilines is 1. The van der Waals surface area contributed by atoms with Gasteiger partial charge < -0.3 is 10.1 Å². The van der Waals surface area contributed by atoms with Gasteiger partial charge in [-0.05, 0) is 25.0 Å². The molecule has 1 aromatic carbocycles. The number of rotatable bonds is 3. The van der Waals surface area contributed by atoms with E-state index < -0.39 is 43.1 Å². The summed E-state index contributed by atoms with van der Waals surface area (Å²) in [6.07, 6.45) is 1.25. The molecule has 1 aliphatic rings. The molecule has 1 aromatic rings. The van der Waals surface area contributed by atoms with Crippen molar-refractivity contribution in [3.05, 3.63) is 23.8 Å². The van der Waals surface area contributed by atoms with Crippen LogP contribution in [0.25, 0.3) is 0 Å². The number of ether oxygens (including phenoxy) is 1. The molecule has 0 saturated carbocycles. The zero-order valence-electron chi connectivity index (χ0n) is 10.7. The Morgan fingerprint density at radius 2 is 1.95 bits per heavy atom. The molecule has 5 nitrogen and oxygen atoms in total. The Labute approximate surface area is 124 Å². The molecular formula is C12H12ClF2NO4S. The maximum absolute atomic E-state index is 13.8. The summed E-state index contributed by atoms with van der Waals surface area (Å²) in [5.74, 6) is -3.48. The Hall–Kier alpha value is -1.25. The zero-order valence-corrected chi connectivity index (χ0v) is 12.3. The Balaban J connectivity index is 2.22. The third-order valence-corrected chi connectivity index (χ3v) is 4.41. The SMILES string of the molecule is O=C(Nc1c(F)cc(S(=O)(=O)Cl)cc1F)C1CCCOC1. The van der Waals surface area contributed by atoms with Gasteiger partial charge in [0.15, 0.2) is 11.6 Å². The molecule has 0 aliphatic carbocycles. The van der Waals surface area contributed by atoms with Crippen LogP contribution in [-0.2, 0) is 18.6 Å². The molecule has 116 valence electrons. The van der Waals surface area contributed by atoms with Gasteiger partial charge >= 0.3 is 0 Å². The standard InChI is InChI=1S/C12H12ClF2NO4S/c13-21(18,19)8-4-9(14)11(10(15)5-8)16-12(17)7-2-1-3-20-6-7/h4-5,7H,1-3,6H2,(H,16,17). The molecule has 1 fully saturated rings. The normalized spacial score (nSPS) is 19.3. The van der Waals surface area contributed by atoms with E-state index in [0.29, 0.717) is 31.6 Å². The van der Waals surface area contributed by atoms with E-state index in [4.69, 9.17) is 15.4 Å². The van der Waals surface area contributed by atoms with Crippen molar-refractivity contribution in [2.75, 3.05) is 18.5 Å². The molecule has 0 spiro atoms. The fraction of sp³-hybridized carbons (Fsp3) is 0.417. The van der Waals surface area contributed by atoms with Crippen LogP contribution in [0.15, 0.2) is 17.0 Å². The number of carbonyl (C=O) groups is 1. The van der Waals surface area contributed by atoms with Gasteiger partial charge in [0.2, 0.25) is 5.91 Å². The first-order valence-electron chi connectivity index (χ1n) is 6.11. The minimum Gasteiger partial charge on any atom is -0.381 e. The average molecular weight is 340 g/mol. The van der Waals surface area contributed by atoms with Crippen LogP contribution in [0.3, 0.4) is 0 Å². The highest BCUT2D eigenvalue weighted by Gasteiger charge is 2.25. The van der Waals surface area contributed by atoms with Crippen LogP contribution < -0.4 is 5.32 Å². The van der Waals surface area contributed by atoms with E-state index in [-0.39, 0.29) is 6.61 Å². The summed E-state index contributed by atoms with van der Waals surface area (Å²) >= 11 is 0. The molecule has 1 unspecified atom stereocenters. The van der Waals surface area contributed by atoms with Crippen LogP contribution in [-0.4, -0.2) is 27.5 Å². The van der Waals surface area contributed by atoms with Crippen LogP contribution in [0.5, 0.6) is 0 Å². The van der Waals surface area contributed by atoms with Gasteiger partial charge in [0.25, 0.3) is 9.05 Å². The molecule has 21 heavy (non-hydrogen) atoms. The van der Waals surface area contributed by atoms with Crippen molar-refractivity contribution in [3.8, 4) is 0 Å². The summed E-state index contributed by atoms with van der Waals surface area (Å²) < 4.78 is 54.7. The number of hydrogen-bond donors (Lipinski definition) is 1. The molecule has 0 bridgehead atoms. The van der Waals surface area contributed by atoms with E-state index >= 15 is 0 Å². The van der Waals surface area contributed by atoms with Crippen molar-refractivity contribution in [2.45, 2.75) is 17.7 Å². The largest absolute Gasteiger partial charge is 0.381 e. The molecule has 1 heterocycles. The van der Waals surface area contributed by atoms with Crippen LogP contribution >= 0.6 is 10.7 Å². The van der Waals surface area contributed by atoms with Crippen LogP contribution in [0.4, 0.5) is 14.5 Å². The number of benzene rings is 1. The molecule has 1 amide bonds. The minimum absolute atomic E-state index is 0.184. The summed E-state index contributed by atoms with van der Waals surface area (Å²) in [5, 5.41) is 2.12. The second-order valence-corrected chi connectivity index (χ2v) is 7.17. The highest BCUT2D eigenvalue weighted by atomic mass is 35.7. The minimum atomic E-state index is -4.25. The first kappa shape index (κ1) is 16.1. The molecule has 9 heteroatoms. The topological polar surface area (TPSA) is 72.5 Å². The molecular weight excluding hydrogens is 328 g/mol. The van der Waals surface area contributed by atoms with Gasteiger partial charge in [0.1, 0.15) is 5.69 Å². The Morgan fingerprint density at radius 1 is 1.33 bits per heavy atom. The summed E-state index contributed by atoms with van der Waals surface area (Å²) in [5.41, 5.74) is -0.699. The summed E-state index contributed by atoms with van der Waals surface area (Å²) in [6, 6.07) is 1.11. The lowest BCUT2D eigenvalue weighted by Crippen LogP contribution is -2.30. The van der Waals surface area contributed by atoms with E-state index in [1.54, 1.807) is 0 Å². The van der Waals surface area contributed by atoms with Crippen molar-refractivity contribution in [2.24, 2.45) is 5.92 Å². The summed E-state index contributed by atoms with van der Waals surface area (Å²) in [7, 11) is 0.763. The second-order valence-electron chi connectivity index (χ2n) is 4.60. The monoisotopic (exact) mass is 339 g/mol. The summed E-state index contributed by atoms with van der Waals surface area (Å²) in [4.78, 5) is 11.2. The molecule has 1 N–H and O–H groups in total. The first-order chi connectivity index (χ1) is 9.79. The van der Waals surface area contributed by atoms with Gasteiger partial charge in [-0.15, -0.1) is 0 Å². The maximum Gasteiger partial charge on any atom is 0.261 e. The Bertz CT molecular complexity index is 636. The average Bonchev–Trinajstić information content (AvgIpc) is 2.42. The molecule has 0 aromatic heterocycles. The van der Waals surface area contributed by atoms with E-state index in [9.17, 15) is 22.0 Å². The van der Waals surface area contributed by atoms with Crippen LogP contribution in [0, 0.1) is 17.6 Å². The van der Waals surface area contributed by atoms with Gasteiger partial charge in [0.05, 0.1) is 17.4 Å². The van der Waals surface area contributed by atoms with Gasteiger partial charge in [0, 0.05) is 17.3 Å². The van der Waals surface area contributed by atoms with Crippen molar-refractivity contribution < 1.29 is 26.7 Å². The van der Waals surface area contributed by atoms with Gasteiger partial charge in [-0.3, -0.25) is 4.79 Å². The number of nitrogens with one attached hydrogen (secondary N) is 1. The first-order valence-corrected chi connectivity index (χ1v) is 8.42. The predicted molar refractivity (Wildman–Crippen MR) is 71.6 cm³/mol. The zero-order chi connectivity index (χ0) is 15.6. The van der Waals surface area contributed by atoms with Gasteiger partial charge in [-0.25, -0.2) is 17.2 Å². The fourth-order valence-electron chi connectivity index (χ4n) is 1.98. The molecule has 1 atom stereocenters. The smallest absolute Gasteiger partial charge is 0.261 e. The lowest BCUT2D eigenvalue weighted by atomic mass is 10.0. The van der Waals surface area contributed by atoms with E-state index in [1.165, 1.54) is 0 Å². The highest BCUT2D eigenvalue weighted by Crippen LogP contribution is 2.26. The molecule has 1 saturated heterocycles. The lowest BCUT2D eigenvalue weighted by Gasteiger charge is -2.21. The van der Waals surface area contributed by atoms with E-state index in [1.807, 2.05) is 0 Å². The third-order valence-electron chi connectivity index (χ3n) is 3.08. The highest BCUT2D eigenvalue weighted by molar-refractivity contribution is 8.13. The van der Waals surface area contributed by atoms with Crippen LogP contribution in [0.1, 0.15) is 12.8 Å². The molecule has 2 rings (SSSR count). The van der Waals surface area contributed by atoms with Crippen molar-refractivity contribution >= 4 is 31.3 Å². The molecule has 0 radical (unpaired) electrons. The van der Waals surface area contributed by atoms with Gasteiger partial charge in [-0.2, -0.15) is 0 Å². The Morgan fingerprint density at radius 3 is 2.43 bits per heavy atom. The number of amides is 1. The number of carbonyl (C=O) groups excluding carboxylic acids is 1. The van der Waals surface area contributed by atoms with E-state index in [2.05, 4.69) is 5.32 Å². The number of halogens is 3. The van der Waals surface area contributed by atoms with E-state index in [0.717, 1.165) is 0 Å². The molecule has 1 aliphatic heterocycles. The number of hydrogen-bond acceptors (Lipinski definition) is 4. The summed E-state index contributed by atoms with van der Waals surface area (Å²) in [6.45, 7) is 0.734. The lowest BCUT2D eigenvalue weighted by molar-refractivity contribution is -0.123. The fourth-order valence-corrected chi connectivity index (χ4v) is 2.74. The van der Waals surface area contributed by atoms with Gasteiger partial charge in [-0.1, -0.05) is 0 Å². The van der Waals surface area contributed by atoms with Crippen molar-refractivity contribution in [1.82, 2.24) is 0 Å². The maximum atomic E-state index is 13.8. The third kappa shape index (κ3) is 3.90. The second kappa shape index (κ2) is 6.25. The van der Waals surface area contributed by atoms with Crippen molar-refractivity contribution in [1.29, 1.82) is 0 Å². The van der Waals surface area contributed by atoms with Crippen LogP contribution in [0.2, 0.25) is 0 Å². The predicted octanol–water partition coefficient (Wildman–Crippen LogP) is 2.26. The quantitative estimate of drug-likeness (QED) is 0.857. The Kier molecular flexibility index (Phi) is 4.80. The van der Waals surface area contributed by atoms with Crippen molar-refractivity contribution in [3.63, 3.8) is 0 Å².